The molecule has 1 atom stereocenters. The number of pyridine rings is 1. The second-order valence-electron chi connectivity index (χ2n) is 5.25. The first-order valence-electron chi connectivity index (χ1n) is 7.08. The van der Waals surface area contributed by atoms with Gasteiger partial charge in [-0.05, 0) is 35.2 Å². The molecule has 1 aromatic heterocycles. The highest BCUT2D eigenvalue weighted by Gasteiger charge is 2.22. The molecule has 20 heavy (non-hydrogen) atoms. The zero-order chi connectivity index (χ0) is 13.4. The normalized spacial score (nSPS) is 17.9. The number of fused-ring (bicyclic) bond motifs is 2. The van der Waals surface area contributed by atoms with Crippen LogP contribution in [0, 0.1) is 0 Å². The highest BCUT2D eigenvalue weighted by atomic mass is 14.9. The second-order valence-corrected chi connectivity index (χ2v) is 5.25. The number of hydrogen-bond acceptors (Lipinski definition) is 2. The van der Waals surface area contributed by atoms with Crippen LogP contribution < -0.4 is 5.32 Å². The van der Waals surface area contributed by atoms with Crippen molar-refractivity contribution >= 4 is 10.9 Å². The molecule has 1 unspecified atom stereocenters. The molecule has 0 amide bonds. The molecule has 0 bridgehead atoms. The van der Waals surface area contributed by atoms with Gasteiger partial charge in [0.25, 0.3) is 0 Å². The minimum absolute atomic E-state index is 0.271. The van der Waals surface area contributed by atoms with Crippen LogP contribution in [0.25, 0.3) is 10.9 Å². The van der Waals surface area contributed by atoms with E-state index in [1.165, 1.54) is 22.1 Å². The fraction of sp³-hybridized carbons (Fsp3) is 0.167. The van der Waals surface area contributed by atoms with Crippen LogP contribution in [0.15, 0.2) is 60.8 Å². The van der Waals surface area contributed by atoms with Crippen molar-refractivity contribution < 1.29 is 0 Å². The summed E-state index contributed by atoms with van der Waals surface area (Å²) >= 11 is 0. The predicted molar refractivity (Wildman–Crippen MR) is 81.7 cm³/mol. The van der Waals surface area contributed by atoms with Crippen LogP contribution >= 0.6 is 0 Å². The van der Waals surface area contributed by atoms with Crippen LogP contribution in [0.4, 0.5) is 0 Å². The van der Waals surface area contributed by atoms with Gasteiger partial charge >= 0.3 is 0 Å². The first kappa shape index (κ1) is 11.6. The van der Waals surface area contributed by atoms with Crippen LogP contribution in [-0.2, 0) is 6.42 Å². The van der Waals surface area contributed by atoms with Crippen molar-refractivity contribution in [2.75, 3.05) is 6.54 Å². The van der Waals surface area contributed by atoms with Gasteiger partial charge in [-0.2, -0.15) is 0 Å². The maximum Gasteiger partial charge on any atom is 0.0705 e. The van der Waals surface area contributed by atoms with Crippen molar-refractivity contribution in [3.8, 4) is 0 Å². The lowest BCUT2D eigenvalue weighted by atomic mass is 9.88. The van der Waals surface area contributed by atoms with Gasteiger partial charge in [0.1, 0.15) is 0 Å². The summed E-state index contributed by atoms with van der Waals surface area (Å²) < 4.78 is 0. The maximum absolute atomic E-state index is 4.46. The number of nitrogens with zero attached hydrogens (tertiary/aromatic N) is 1. The zero-order valence-electron chi connectivity index (χ0n) is 11.2. The number of rotatable bonds is 1. The molecule has 4 rings (SSSR count). The van der Waals surface area contributed by atoms with Crippen LogP contribution in [0.3, 0.4) is 0 Å². The van der Waals surface area contributed by atoms with E-state index in [9.17, 15) is 0 Å². The summed E-state index contributed by atoms with van der Waals surface area (Å²) in [4.78, 5) is 4.46. The highest BCUT2D eigenvalue weighted by molar-refractivity contribution is 5.83. The van der Waals surface area contributed by atoms with Gasteiger partial charge in [0.2, 0.25) is 0 Å². The van der Waals surface area contributed by atoms with Crippen LogP contribution in [0.2, 0.25) is 0 Å². The average Bonchev–Trinajstić information content (AvgIpc) is 2.54. The average molecular weight is 260 g/mol. The SMILES string of the molecule is c1ccc2c(c1)CCNC2c1cccc2ncccc12. The minimum Gasteiger partial charge on any atom is -0.306 e. The summed E-state index contributed by atoms with van der Waals surface area (Å²) in [6.07, 6.45) is 2.96. The van der Waals surface area contributed by atoms with Crippen LogP contribution in [0.5, 0.6) is 0 Å². The van der Waals surface area contributed by atoms with E-state index in [1.54, 1.807) is 0 Å². The van der Waals surface area contributed by atoms with E-state index in [0.717, 1.165) is 18.5 Å². The van der Waals surface area contributed by atoms with Crippen LogP contribution in [0.1, 0.15) is 22.7 Å². The Kier molecular flexibility index (Phi) is 2.75. The van der Waals surface area contributed by atoms with E-state index >= 15 is 0 Å². The Morgan fingerprint density at radius 1 is 0.900 bits per heavy atom. The van der Waals surface area contributed by atoms with Crippen molar-refractivity contribution in [3.05, 3.63) is 77.5 Å². The predicted octanol–water partition coefficient (Wildman–Crippen LogP) is 3.47. The number of aromatic nitrogens is 1. The zero-order valence-corrected chi connectivity index (χ0v) is 11.2. The molecule has 3 aromatic rings. The molecular formula is C18H16N2. The molecule has 2 heteroatoms. The second kappa shape index (κ2) is 4.73. The topological polar surface area (TPSA) is 24.9 Å². The summed E-state index contributed by atoms with van der Waals surface area (Å²) in [6, 6.07) is 19.6. The lowest BCUT2D eigenvalue weighted by molar-refractivity contribution is 0.571. The smallest absolute Gasteiger partial charge is 0.0705 e. The van der Waals surface area contributed by atoms with Gasteiger partial charge in [-0.1, -0.05) is 42.5 Å². The first-order chi connectivity index (χ1) is 9.93. The Labute approximate surface area is 118 Å². The molecule has 0 aliphatic carbocycles. The fourth-order valence-corrected chi connectivity index (χ4v) is 3.16. The van der Waals surface area contributed by atoms with E-state index in [2.05, 4.69) is 58.8 Å². The lowest BCUT2D eigenvalue weighted by Crippen LogP contribution is -2.30. The van der Waals surface area contributed by atoms with E-state index in [0.29, 0.717) is 0 Å². The van der Waals surface area contributed by atoms with E-state index in [4.69, 9.17) is 0 Å². The maximum atomic E-state index is 4.46. The van der Waals surface area contributed by atoms with Gasteiger partial charge in [0, 0.05) is 18.1 Å². The Morgan fingerprint density at radius 2 is 1.80 bits per heavy atom. The van der Waals surface area contributed by atoms with Crippen LogP contribution in [-0.4, -0.2) is 11.5 Å². The molecule has 0 saturated heterocycles. The van der Waals surface area contributed by atoms with Gasteiger partial charge in [0.15, 0.2) is 0 Å². The van der Waals surface area contributed by atoms with Gasteiger partial charge in [-0.25, -0.2) is 0 Å². The minimum atomic E-state index is 0.271. The number of nitrogens with one attached hydrogen (secondary N) is 1. The molecule has 0 saturated carbocycles. The van der Waals surface area contributed by atoms with Crippen molar-refractivity contribution in [3.63, 3.8) is 0 Å². The monoisotopic (exact) mass is 260 g/mol. The number of benzene rings is 2. The van der Waals surface area contributed by atoms with E-state index in [-0.39, 0.29) is 6.04 Å². The Bertz CT molecular complexity index is 759. The summed E-state index contributed by atoms with van der Waals surface area (Å²) in [6.45, 7) is 1.03. The van der Waals surface area contributed by atoms with Crippen molar-refractivity contribution in [1.82, 2.24) is 10.3 Å². The molecule has 2 aromatic carbocycles. The molecule has 0 radical (unpaired) electrons. The largest absolute Gasteiger partial charge is 0.306 e. The number of hydrogen-bond donors (Lipinski definition) is 1. The Hall–Kier alpha value is -2.19. The molecule has 98 valence electrons. The Balaban J connectivity index is 1.93. The fourth-order valence-electron chi connectivity index (χ4n) is 3.16. The molecule has 0 fully saturated rings. The lowest BCUT2D eigenvalue weighted by Gasteiger charge is -2.28. The van der Waals surface area contributed by atoms with Crippen molar-refractivity contribution in [1.29, 1.82) is 0 Å². The molecule has 1 aliphatic heterocycles. The third-order valence-electron chi connectivity index (χ3n) is 4.10. The van der Waals surface area contributed by atoms with Gasteiger partial charge < -0.3 is 5.32 Å². The quantitative estimate of drug-likeness (QED) is 0.724. The van der Waals surface area contributed by atoms with Gasteiger partial charge in [-0.15, -0.1) is 0 Å². The van der Waals surface area contributed by atoms with E-state index in [1.807, 2.05) is 12.3 Å². The molecule has 1 aliphatic rings. The Morgan fingerprint density at radius 3 is 2.80 bits per heavy atom. The third-order valence-corrected chi connectivity index (χ3v) is 4.10. The highest BCUT2D eigenvalue weighted by Crippen LogP contribution is 2.32. The molecule has 1 N–H and O–H groups in total. The summed E-state index contributed by atoms with van der Waals surface area (Å²) in [5.41, 5.74) is 5.24. The molecule has 2 heterocycles. The standard InChI is InChI=1S/C18H16N2/c1-2-6-14-13(5-1)10-12-20-18(14)16-7-3-9-17-15(16)8-4-11-19-17/h1-9,11,18,20H,10,12H2. The van der Waals surface area contributed by atoms with E-state index < -0.39 is 0 Å². The first-order valence-corrected chi connectivity index (χ1v) is 7.08. The summed E-state index contributed by atoms with van der Waals surface area (Å²) in [5, 5.41) is 4.90. The van der Waals surface area contributed by atoms with Crippen molar-refractivity contribution in [2.45, 2.75) is 12.5 Å². The molecule has 0 spiro atoms. The van der Waals surface area contributed by atoms with Gasteiger partial charge in [0.05, 0.1) is 11.6 Å². The molecule has 2 nitrogen and oxygen atoms in total. The molecular weight excluding hydrogens is 244 g/mol. The summed E-state index contributed by atoms with van der Waals surface area (Å²) in [7, 11) is 0. The van der Waals surface area contributed by atoms with Gasteiger partial charge in [-0.3, -0.25) is 4.98 Å². The third kappa shape index (κ3) is 1.81. The summed E-state index contributed by atoms with van der Waals surface area (Å²) in [5.74, 6) is 0. The van der Waals surface area contributed by atoms with Crippen molar-refractivity contribution in [2.24, 2.45) is 0 Å².